The molecule has 3 N–H and O–H groups in total. The second-order valence-electron chi connectivity index (χ2n) is 6.62. The number of aromatic hydroxyl groups is 1. The van der Waals surface area contributed by atoms with Gasteiger partial charge in [0.2, 0.25) is 0 Å². The number of benzene rings is 2. The summed E-state index contributed by atoms with van der Waals surface area (Å²) in [6, 6.07) is 4.03. The highest BCUT2D eigenvalue weighted by Crippen LogP contribution is 2.42. The van der Waals surface area contributed by atoms with Gasteiger partial charge in [0.15, 0.2) is 5.75 Å². The summed E-state index contributed by atoms with van der Waals surface area (Å²) in [6.45, 7) is 8.00. The summed E-state index contributed by atoms with van der Waals surface area (Å²) in [5.41, 5.74) is 11.0. The molecule has 3 rings (SSSR count). The quantitative estimate of drug-likeness (QED) is 0.540. The molecule has 1 unspecified atom stereocenters. The van der Waals surface area contributed by atoms with E-state index in [4.69, 9.17) is 5.73 Å². The normalized spacial score (nSPS) is 17.3. The predicted molar refractivity (Wildman–Crippen MR) is 104 cm³/mol. The maximum absolute atomic E-state index is 10.8. The summed E-state index contributed by atoms with van der Waals surface area (Å²) in [5, 5.41) is 20.9. The lowest BCUT2D eigenvalue weighted by molar-refractivity contribution is 0.482. The Morgan fingerprint density at radius 2 is 1.76 bits per heavy atom. The molecule has 2 aromatic carbocycles. The van der Waals surface area contributed by atoms with E-state index in [1.807, 2.05) is 51.1 Å². The third-order valence-electron chi connectivity index (χ3n) is 4.65. The molecule has 0 spiro atoms. The van der Waals surface area contributed by atoms with Gasteiger partial charge in [-0.15, -0.1) is 5.11 Å². The number of azo groups is 1. The van der Waals surface area contributed by atoms with E-state index >= 15 is 0 Å². The van der Waals surface area contributed by atoms with Gasteiger partial charge in [-0.05, 0) is 67.0 Å². The second-order valence-corrected chi connectivity index (χ2v) is 6.62. The van der Waals surface area contributed by atoms with Crippen molar-refractivity contribution in [1.82, 2.24) is 0 Å². The first-order valence-corrected chi connectivity index (χ1v) is 8.39. The fraction of sp³-hybridized carbons (Fsp3) is 0.238. The fourth-order valence-electron chi connectivity index (χ4n) is 2.95. The molecule has 1 aliphatic rings. The first-order valence-electron chi connectivity index (χ1n) is 8.39. The molecule has 0 aliphatic heterocycles. The van der Waals surface area contributed by atoms with Crippen LogP contribution in [0.15, 0.2) is 58.4 Å². The summed E-state index contributed by atoms with van der Waals surface area (Å²) in [5.74, 6) is 0.451. The molecule has 0 amide bonds. The van der Waals surface area contributed by atoms with E-state index in [0.717, 1.165) is 27.8 Å². The molecule has 1 aliphatic carbocycles. The van der Waals surface area contributed by atoms with Crippen molar-refractivity contribution in [2.45, 2.75) is 27.7 Å². The smallest absolute Gasteiger partial charge is 0.153 e. The van der Waals surface area contributed by atoms with Gasteiger partial charge in [0.25, 0.3) is 0 Å². The van der Waals surface area contributed by atoms with Gasteiger partial charge in [-0.3, -0.25) is 0 Å². The number of rotatable bonds is 2. The van der Waals surface area contributed by atoms with Crippen molar-refractivity contribution < 1.29 is 5.11 Å². The van der Waals surface area contributed by atoms with Gasteiger partial charge in [-0.2, -0.15) is 5.11 Å². The molecule has 0 saturated heterocycles. The molecule has 0 heterocycles. The molecule has 0 fully saturated rings. The zero-order valence-corrected chi connectivity index (χ0v) is 15.0. The van der Waals surface area contributed by atoms with Crippen LogP contribution in [0.3, 0.4) is 0 Å². The van der Waals surface area contributed by atoms with Gasteiger partial charge in [-0.25, -0.2) is 0 Å². The molecule has 2 aromatic rings. The van der Waals surface area contributed by atoms with Crippen LogP contribution in [0.2, 0.25) is 0 Å². The number of phenolic OH excluding ortho intramolecular Hbond substituents is 1. The molecule has 0 saturated carbocycles. The van der Waals surface area contributed by atoms with E-state index in [1.165, 1.54) is 0 Å². The lowest BCUT2D eigenvalue weighted by Gasteiger charge is -2.13. The SMILES string of the molecule is Cc1cc2cc(C)c(N=NC3=CC=CC(C)C=C3)c(O)c2c(N)c1C. The van der Waals surface area contributed by atoms with Crippen LogP contribution < -0.4 is 5.73 Å². The lowest BCUT2D eigenvalue weighted by Crippen LogP contribution is -1.95. The number of phenols is 1. The average Bonchev–Trinajstić information content (AvgIpc) is 2.76. The number of nitrogen functional groups attached to an aromatic ring is 1. The number of fused-ring (bicyclic) bond motifs is 1. The highest BCUT2D eigenvalue weighted by atomic mass is 16.3. The van der Waals surface area contributed by atoms with Crippen LogP contribution in [0.1, 0.15) is 23.6 Å². The number of hydrogen-bond acceptors (Lipinski definition) is 4. The summed E-state index contributed by atoms with van der Waals surface area (Å²) in [4.78, 5) is 0. The van der Waals surface area contributed by atoms with Gasteiger partial charge >= 0.3 is 0 Å². The van der Waals surface area contributed by atoms with E-state index in [2.05, 4.69) is 29.3 Å². The largest absolute Gasteiger partial charge is 0.505 e. The van der Waals surface area contributed by atoms with Crippen molar-refractivity contribution in [2.24, 2.45) is 16.1 Å². The third-order valence-corrected chi connectivity index (χ3v) is 4.65. The van der Waals surface area contributed by atoms with E-state index in [9.17, 15) is 5.11 Å². The van der Waals surface area contributed by atoms with E-state index in [1.54, 1.807) is 0 Å². The summed E-state index contributed by atoms with van der Waals surface area (Å²) >= 11 is 0. The average molecular weight is 333 g/mol. The Bertz CT molecular complexity index is 965. The Labute approximate surface area is 148 Å². The zero-order valence-electron chi connectivity index (χ0n) is 15.0. The van der Waals surface area contributed by atoms with E-state index in [-0.39, 0.29) is 5.75 Å². The predicted octanol–water partition coefficient (Wildman–Crippen LogP) is 5.78. The number of allylic oxidation sites excluding steroid dienone is 5. The monoisotopic (exact) mass is 333 g/mol. The Morgan fingerprint density at radius 3 is 2.52 bits per heavy atom. The second kappa shape index (κ2) is 6.55. The first-order chi connectivity index (χ1) is 11.9. The third kappa shape index (κ3) is 3.20. The number of anilines is 1. The molecular formula is C21H23N3O. The zero-order chi connectivity index (χ0) is 18.1. The Balaban J connectivity index is 2.11. The van der Waals surface area contributed by atoms with Gasteiger partial charge in [0.05, 0.1) is 5.70 Å². The minimum Gasteiger partial charge on any atom is -0.505 e. The van der Waals surface area contributed by atoms with Gasteiger partial charge in [0, 0.05) is 11.1 Å². The van der Waals surface area contributed by atoms with Gasteiger partial charge < -0.3 is 10.8 Å². The molecule has 0 radical (unpaired) electrons. The maximum Gasteiger partial charge on any atom is 0.153 e. The molecule has 128 valence electrons. The van der Waals surface area contributed by atoms with E-state index in [0.29, 0.717) is 22.7 Å². The standard InChI is InChI=1S/C21H23N3O/c1-12-6-5-7-17(9-8-12)23-24-20-14(3)11-16-10-13(2)15(4)19(22)18(16)21(20)25/h5-12,25H,22H2,1-4H3. The Morgan fingerprint density at radius 1 is 1.04 bits per heavy atom. The van der Waals surface area contributed by atoms with Crippen molar-refractivity contribution in [2.75, 3.05) is 5.73 Å². The minimum absolute atomic E-state index is 0.0847. The van der Waals surface area contributed by atoms with Crippen molar-refractivity contribution in [3.8, 4) is 5.75 Å². The molecule has 0 aromatic heterocycles. The van der Waals surface area contributed by atoms with Crippen molar-refractivity contribution in [3.63, 3.8) is 0 Å². The summed E-state index contributed by atoms with van der Waals surface area (Å²) in [7, 11) is 0. The molecule has 4 nitrogen and oxygen atoms in total. The van der Waals surface area contributed by atoms with Crippen LogP contribution in [0.25, 0.3) is 10.8 Å². The Hall–Kier alpha value is -2.88. The molecule has 0 bridgehead atoms. The van der Waals surface area contributed by atoms with Crippen molar-refractivity contribution >= 4 is 22.1 Å². The van der Waals surface area contributed by atoms with Crippen LogP contribution in [0, 0.1) is 26.7 Å². The number of hydrogen-bond donors (Lipinski definition) is 2. The van der Waals surface area contributed by atoms with Crippen molar-refractivity contribution in [1.29, 1.82) is 0 Å². The van der Waals surface area contributed by atoms with Crippen LogP contribution in [-0.4, -0.2) is 5.11 Å². The van der Waals surface area contributed by atoms with Gasteiger partial charge in [0.1, 0.15) is 5.69 Å². The molecule has 1 atom stereocenters. The number of aryl methyl sites for hydroxylation is 2. The molecule has 25 heavy (non-hydrogen) atoms. The summed E-state index contributed by atoms with van der Waals surface area (Å²) < 4.78 is 0. The molecule has 4 heteroatoms. The van der Waals surface area contributed by atoms with Crippen LogP contribution >= 0.6 is 0 Å². The maximum atomic E-state index is 10.8. The topological polar surface area (TPSA) is 71.0 Å². The summed E-state index contributed by atoms with van der Waals surface area (Å²) in [6.07, 6.45) is 9.95. The fourth-order valence-corrected chi connectivity index (χ4v) is 2.95. The van der Waals surface area contributed by atoms with Crippen LogP contribution in [-0.2, 0) is 0 Å². The van der Waals surface area contributed by atoms with Crippen molar-refractivity contribution in [3.05, 3.63) is 64.9 Å². The number of nitrogens with two attached hydrogens (primary N) is 1. The van der Waals surface area contributed by atoms with Gasteiger partial charge in [-0.1, -0.05) is 31.2 Å². The highest BCUT2D eigenvalue weighted by Gasteiger charge is 2.15. The lowest BCUT2D eigenvalue weighted by atomic mass is 9.97. The van der Waals surface area contributed by atoms with Crippen LogP contribution in [0.4, 0.5) is 11.4 Å². The minimum atomic E-state index is 0.0847. The molecular weight excluding hydrogens is 310 g/mol. The highest BCUT2D eigenvalue weighted by molar-refractivity contribution is 6.03. The van der Waals surface area contributed by atoms with E-state index < -0.39 is 0 Å². The Kier molecular flexibility index (Phi) is 4.45. The van der Waals surface area contributed by atoms with Crippen LogP contribution in [0.5, 0.6) is 5.75 Å². The first kappa shape index (κ1) is 17.0. The number of nitrogens with zero attached hydrogens (tertiary/aromatic N) is 2.